The van der Waals surface area contributed by atoms with Crippen molar-refractivity contribution < 1.29 is 9.47 Å². The van der Waals surface area contributed by atoms with Crippen LogP contribution in [0.2, 0.25) is 0 Å². The molecule has 0 aliphatic carbocycles. The van der Waals surface area contributed by atoms with E-state index >= 15 is 0 Å². The normalized spacial score (nSPS) is 10.5. The van der Waals surface area contributed by atoms with Crippen LogP contribution in [0, 0.1) is 0 Å². The van der Waals surface area contributed by atoms with Gasteiger partial charge in [0, 0.05) is 12.5 Å². The number of benzene rings is 2. The zero-order valence-electron chi connectivity index (χ0n) is 13.5. The standard InChI is InChI=1S/C21H22O2/c1-17(2)12-13-18(3)23-21-11-7-10-20(16-21)22-15-14-19-8-5-4-6-9-19/h4-13,16H,1,3,14-15H2,2H3/b13-12-. The molecule has 0 radical (unpaired) electrons. The average molecular weight is 306 g/mol. The van der Waals surface area contributed by atoms with E-state index in [1.807, 2.05) is 55.5 Å². The molecule has 2 aromatic carbocycles. The molecule has 118 valence electrons. The van der Waals surface area contributed by atoms with Gasteiger partial charge in [0.1, 0.15) is 17.3 Å². The molecule has 0 amide bonds. The summed E-state index contributed by atoms with van der Waals surface area (Å²) in [6, 6.07) is 17.9. The van der Waals surface area contributed by atoms with Crippen molar-refractivity contribution in [1.29, 1.82) is 0 Å². The van der Waals surface area contributed by atoms with Gasteiger partial charge in [0.2, 0.25) is 0 Å². The van der Waals surface area contributed by atoms with Gasteiger partial charge in [-0.1, -0.05) is 61.2 Å². The van der Waals surface area contributed by atoms with Crippen LogP contribution >= 0.6 is 0 Å². The lowest BCUT2D eigenvalue weighted by Crippen LogP contribution is -2.01. The molecule has 2 rings (SSSR count). The lowest BCUT2D eigenvalue weighted by molar-refractivity contribution is 0.320. The van der Waals surface area contributed by atoms with Gasteiger partial charge in [-0.3, -0.25) is 0 Å². The number of hydrogen-bond donors (Lipinski definition) is 0. The molecule has 0 saturated heterocycles. The quantitative estimate of drug-likeness (QED) is 0.484. The second-order valence-corrected chi connectivity index (χ2v) is 5.31. The van der Waals surface area contributed by atoms with Gasteiger partial charge in [-0.15, -0.1) is 0 Å². The number of rotatable bonds is 8. The Bertz CT molecular complexity index is 684. The van der Waals surface area contributed by atoms with Crippen molar-refractivity contribution in [1.82, 2.24) is 0 Å². The highest BCUT2D eigenvalue weighted by atomic mass is 16.5. The van der Waals surface area contributed by atoms with E-state index in [-0.39, 0.29) is 0 Å². The fourth-order valence-electron chi connectivity index (χ4n) is 1.98. The van der Waals surface area contributed by atoms with Crippen LogP contribution in [-0.2, 0) is 6.42 Å². The predicted octanol–water partition coefficient (Wildman–Crippen LogP) is 5.33. The first-order chi connectivity index (χ1) is 11.1. The molecule has 0 heterocycles. The van der Waals surface area contributed by atoms with E-state index in [9.17, 15) is 0 Å². The molecular formula is C21H22O2. The summed E-state index contributed by atoms with van der Waals surface area (Å²) in [6.45, 7) is 10.2. The third kappa shape index (κ3) is 6.27. The Labute approximate surface area is 138 Å². The highest BCUT2D eigenvalue weighted by Crippen LogP contribution is 2.21. The molecule has 0 unspecified atom stereocenters. The van der Waals surface area contributed by atoms with Crippen LogP contribution in [0.5, 0.6) is 11.5 Å². The molecule has 0 aliphatic heterocycles. The lowest BCUT2D eigenvalue weighted by atomic mass is 10.2. The Balaban J connectivity index is 1.87. The van der Waals surface area contributed by atoms with E-state index in [0.29, 0.717) is 18.1 Å². The van der Waals surface area contributed by atoms with Gasteiger partial charge in [0.15, 0.2) is 0 Å². The molecule has 2 heteroatoms. The fourth-order valence-corrected chi connectivity index (χ4v) is 1.98. The minimum absolute atomic E-state index is 0.564. The van der Waals surface area contributed by atoms with Gasteiger partial charge < -0.3 is 9.47 Å². The van der Waals surface area contributed by atoms with E-state index in [0.717, 1.165) is 17.7 Å². The van der Waals surface area contributed by atoms with E-state index in [4.69, 9.17) is 9.47 Å². The average Bonchev–Trinajstić information content (AvgIpc) is 2.54. The Hall–Kier alpha value is -2.74. The molecule has 0 spiro atoms. The number of allylic oxidation sites excluding steroid dienone is 3. The van der Waals surface area contributed by atoms with E-state index in [1.54, 1.807) is 6.08 Å². The first-order valence-electron chi connectivity index (χ1n) is 7.60. The predicted molar refractivity (Wildman–Crippen MR) is 95.8 cm³/mol. The summed E-state index contributed by atoms with van der Waals surface area (Å²) in [5.41, 5.74) is 2.21. The van der Waals surface area contributed by atoms with E-state index in [1.165, 1.54) is 5.56 Å². The molecule has 2 nitrogen and oxygen atoms in total. The Kier molecular flexibility index (Phi) is 6.25. The van der Waals surface area contributed by atoms with Crippen molar-refractivity contribution in [3.63, 3.8) is 0 Å². The van der Waals surface area contributed by atoms with Crippen LogP contribution in [0.1, 0.15) is 12.5 Å². The zero-order valence-corrected chi connectivity index (χ0v) is 13.5. The monoisotopic (exact) mass is 306 g/mol. The largest absolute Gasteiger partial charge is 0.493 e. The van der Waals surface area contributed by atoms with Crippen molar-refractivity contribution in [2.24, 2.45) is 0 Å². The molecule has 0 atom stereocenters. The van der Waals surface area contributed by atoms with Gasteiger partial charge in [-0.25, -0.2) is 0 Å². The summed E-state index contributed by atoms with van der Waals surface area (Å²) in [5, 5.41) is 0. The molecule has 0 saturated carbocycles. The SMILES string of the molecule is C=C(C)/C=C\C(=C)Oc1cccc(OCCc2ccccc2)c1. The zero-order chi connectivity index (χ0) is 16.5. The number of ether oxygens (including phenoxy) is 2. The molecule has 0 aromatic heterocycles. The van der Waals surface area contributed by atoms with Crippen molar-refractivity contribution >= 4 is 0 Å². The van der Waals surface area contributed by atoms with Crippen LogP contribution in [0.3, 0.4) is 0 Å². The van der Waals surface area contributed by atoms with Crippen LogP contribution in [0.15, 0.2) is 91.2 Å². The first-order valence-corrected chi connectivity index (χ1v) is 7.60. The fraction of sp³-hybridized carbons (Fsp3) is 0.143. The van der Waals surface area contributed by atoms with Crippen molar-refractivity contribution in [3.05, 3.63) is 96.8 Å². The van der Waals surface area contributed by atoms with Crippen molar-refractivity contribution in [3.8, 4) is 11.5 Å². The lowest BCUT2D eigenvalue weighted by Gasteiger charge is -2.09. The smallest absolute Gasteiger partial charge is 0.131 e. The number of hydrogen-bond acceptors (Lipinski definition) is 2. The molecule has 0 N–H and O–H groups in total. The van der Waals surface area contributed by atoms with Gasteiger partial charge in [-0.05, 0) is 30.7 Å². The third-order valence-electron chi connectivity index (χ3n) is 3.11. The maximum Gasteiger partial charge on any atom is 0.131 e. The maximum atomic E-state index is 5.79. The summed E-state index contributed by atoms with van der Waals surface area (Å²) in [5.74, 6) is 2.06. The topological polar surface area (TPSA) is 18.5 Å². The summed E-state index contributed by atoms with van der Waals surface area (Å²) in [7, 11) is 0. The summed E-state index contributed by atoms with van der Waals surface area (Å²) in [4.78, 5) is 0. The van der Waals surface area contributed by atoms with Crippen LogP contribution in [0.25, 0.3) is 0 Å². The Morgan fingerprint density at radius 2 is 1.70 bits per heavy atom. The van der Waals surface area contributed by atoms with Gasteiger partial charge in [0.25, 0.3) is 0 Å². The Morgan fingerprint density at radius 3 is 2.43 bits per heavy atom. The molecule has 0 bridgehead atoms. The molecule has 0 fully saturated rings. The maximum absolute atomic E-state index is 5.79. The molecular weight excluding hydrogens is 284 g/mol. The Morgan fingerprint density at radius 1 is 0.957 bits per heavy atom. The second-order valence-electron chi connectivity index (χ2n) is 5.31. The van der Waals surface area contributed by atoms with Gasteiger partial charge in [0.05, 0.1) is 6.61 Å². The van der Waals surface area contributed by atoms with E-state index < -0.39 is 0 Å². The van der Waals surface area contributed by atoms with Crippen molar-refractivity contribution in [2.45, 2.75) is 13.3 Å². The van der Waals surface area contributed by atoms with Crippen LogP contribution < -0.4 is 9.47 Å². The molecule has 0 aliphatic rings. The van der Waals surface area contributed by atoms with E-state index in [2.05, 4.69) is 25.3 Å². The minimum Gasteiger partial charge on any atom is -0.493 e. The van der Waals surface area contributed by atoms with Crippen LogP contribution in [0.4, 0.5) is 0 Å². The third-order valence-corrected chi connectivity index (χ3v) is 3.11. The highest BCUT2D eigenvalue weighted by Gasteiger charge is 2.00. The minimum atomic E-state index is 0.564. The van der Waals surface area contributed by atoms with Gasteiger partial charge in [-0.2, -0.15) is 0 Å². The molecule has 23 heavy (non-hydrogen) atoms. The van der Waals surface area contributed by atoms with Gasteiger partial charge >= 0.3 is 0 Å². The summed E-state index contributed by atoms with van der Waals surface area (Å²) < 4.78 is 11.5. The van der Waals surface area contributed by atoms with Crippen molar-refractivity contribution in [2.75, 3.05) is 6.61 Å². The molecule has 2 aromatic rings. The van der Waals surface area contributed by atoms with Crippen LogP contribution in [-0.4, -0.2) is 6.61 Å². The summed E-state index contributed by atoms with van der Waals surface area (Å²) in [6.07, 6.45) is 4.54. The second kappa shape index (κ2) is 8.64. The first kappa shape index (κ1) is 16.6. The summed E-state index contributed by atoms with van der Waals surface area (Å²) >= 11 is 0. The highest BCUT2D eigenvalue weighted by molar-refractivity contribution is 5.35.